The maximum absolute atomic E-state index is 11.2. The summed E-state index contributed by atoms with van der Waals surface area (Å²) in [5.74, 6) is 0. The molecular weight excluding hydrogens is 300 g/mol. The molecule has 0 aliphatic heterocycles. The van der Waals surface area contributed by atoms with Crippen LogP contribution in [0.5, 0.6) is 0 Å². The molecule has 0 aromatic carbocycles. The van der Waals surface area contributed by atoms with Crippen LogP contribution in [-0.4, -0.2) is 29.0 Å². The first kappa shape index (κ1) is 26.1. The summed E-state index contributed by atoms with van der Waals surface area (Å²) in [6, 6.07) is 0. The van der Waals surface area contributed by atoms with Gasteiger partial charge in [0.1, 0.15) is 0 Å². The normalized spacial score (nSPS) is 13.2. The van der Waals surface area contributed by atoms with Crippen molar-refractivity contribution in [2.75, 3.05) is 6.61 Å². The number of hydrogen-bond donors (Lipinski definition) is 2. The van der Waals surface area contributed by atoms with Crippen molar-refractivity contribution in [1.29, 1.82) is 0 Å². The molecule has 0 spiro atoms. The SMILES string of the molecule is CC(O)CO.CCCCCCCCCCCCCCCC([O])CC. The standard InChI is InChI=1S/C18H37O.C3H8O2/c1-3-5-6-7-8-9-10-11-12-13-14-15-16-17-18(19)4-2;1-3(5)2-4/h18H,3-17H2,1-2H3;3-5H,2H2,1H3. The fourth-order valence-electron chi connectivity index (χ4n) is 2.59. The molecule has 0 aromatic rings. The molecule has 2 unspecified atom stereocenters. The van der Waals surface area contributed by atoms with Crippen LogP contribution >= 0.6 is 0 Å². The summed E-state index contributed by atoms with van der Waals surface area (Å²) >= 11 is 0. The summed E-state index contributed by atoms with van der Waals surface area (Å²) in [6.45, 7) is 5.67. The van der Waals surface area contributed by atoms with Crippen LogP contribution in [0.3, 0.4) is 0 Å². The fraction of sp³-hybridized carbons (Fsp3) is 1.00. The van der Waals surface area contributed by atoms with E-state index in [0.717, 1.165) is 19.3 Å². The van der Waals surface area contributed by atoms with E-state index in [2.05, 4.69) is 6.92 Å². The van der Waals surface area contributed by atoms with Gasteiger partial charge in [0.2, 0.25) is 0 Å². The first-order chi connectivity index (χ1) is 11.6. The van der Waals surface area contributed by atoms with E-state index in [-0.39, 0.29) is 12.7 Å². The molecule has 0 aliphatic carbocycles. The first-order valence-electron chi connectivity index (χ1n) is 10.5. The average molecular weight is 346 g/mol. The lowest BCUT2D eigenvalue weighted by Crippen LogP contribution is -2.03. The minimum atomic E-state index is -0.560. The van der Waals surface area contributed by atoms with Crippen LogP contribution in [0.25, 0.3) is 0 Å². The van der Waals surface area contributed by atoms with Gasteiger partial charge in [-0.3, -0.25) is 0 Å². The van der Waals surface area contributed by atoms with Crippen LogP contribution in [0, 0.1) is 0 Å². The van der Waals surface area contributed by atoms with Crippen molar-refractivity contribution in [1.82, 2.24) is 0 Å². The molecule has 1 radical (unpaired) electrons. The van der Waals surface area contributed by atoms with Crippen molar-refractivity contribution < 1.29 is 15.3 Å². The minimum Gasteiger partial charge on any atom is -0.394 e. The van der Waals surface area contributed by atoms with E-state index in [9.17, 15) is 5.11 Å². The monoisotopic (exact) mass is 345 g/mol. The molecule has 0 amide bonds. The number of aliphatic hydroxyl groups excluding tert-OH is 2. The summed E-state index contributed by atoms with van der Waals surface area (Å²) in [7, 11) is 0. The Morgan fingerprint density at radius 3 is 1.33 bits per heavy atom. The van der Waals surface area contributed by atoms with Gasteiger partial charge in [-0.25, -0.2) is 5.11 Å². The third kappa shape index (κ3) is 26.8. The van der Waals surface area contributed by atoms with Gasteiger partial charge in [-0.1, -0.05) is 97.3 Å². The van der Waals surface area contributed by atoms with E-state index in [0.29, 0.717) is 0 Å². The second-order valence-electron chi connectivity index (χ2n) is 7.09. The Labute approximate surface area is 151 Å². The summed E-state index contributed by atoms with van der Waals surface area (Å²) in [5.41, 5.74) is 0. The Kier molecular flexibility index (Phi) is 24.9. The largest absolute Gasteiger partial charge is 0.394 e. The van der Waals surface area contributed by atoms with Crippen LogP contribution in [0.15, 0.2) is 0 Å². The van der Waals surface area contributed by atoms with Gasteiger partial charge in [0.05, 0.1) is 18.8 Å². The maximum Gasteiger partial charge on any atom is 0.0927 e. The molecule has 3 heteroatoms. The maximum atomic E-state index is 11.2. The van der Waals surface area contributed by atoms with E-state index in [1.807, 2.05) is 6.92 Å². The second-order valence-corrected chi connectivity index (χ2v) is 7.09. The molecule has 24 heavy (non-hydrogen) atoms. The predicted molar refractivity (Wildman–Crippen MR) is 104 cm³/mol. The Morgan fingerprint density at radius 1 is 0.708 bits per heavy atom. The van der Waals surface area contributed by atoms with Gasteiger partial charge >= 0.3 is 0 Å². The lowest BCUT2D eigenvalue weighted by atomic mass is 10.0. The van der Waals surface area contributed by atoms with Crippen molar-refractivity contribution >= 4 is 0 Å². The first-order valence-corrected chi connectivity index (χ1v) is 10.5. The van der Waals surface area contributed by atoms with Crippen molar-refractivity contribution in [3.63, 3.8) is 0 Å². The van der Waals surface area contributed by atoms with Gasteiger partial charge < -0.3 is 10.2 Å². The lowest BCUT2D eigenvalue weighted by Gasteiger charge is -2.05. The number of unbranched alkanes of at least 4 members (excludes halogenated alkanes) is 12. The average Bonchev–Trinajstić information content (AvgIpc) is 2.59. The van der Waals surface area contributed by atoms with Crippen LogP contribution in [0.1, 0.15) is 117 Å². The van der Waals surface area contributed by atoms with E-state index < -0.39 is 6.10 Å². The Morgan fingerprint density at radius 2 is 1.04 bits per heavy atom. The van der Waals surface area contributed by atoms with Gasteiger partial charge in [0.25, 0.3) is 0 Å². The third-order valence-electron chi connectivity index (χ3n) is 4.35. The van der Waals surface area contributed by atoms with E-state index in [1.54, 1.807) is 0 Å². The minimum absolute atomic E-state index is 0.139. The number of rotatable bonds is 16. The Hall–Kier alpha value is -0.120. The highest BCUT2D eigenvalue weighted by molar-refractivity contribution is 4.53. The molecule has 0 bridgehead atoms. The molecular formula is C21H45O3. The van der Waals surface area contributed by atoms with Gasteiger partial charge in [-0.05, 0) is 19.8 Å². The lowest BCUT2D eigenvalue weighted by molar-refractivity contribution is 0.0755. The van der Waals surface area contributed by atoms with Crippen LogP contribution in [0.4, 0.5) is 0 Å². The van der Waals surface area contributed by atoms with Crippen molar-refractivity contribution in [2.24, 2.45) is 0 Å². The summed E-state index contributed by atoms with van der Waals surface area (Å²) in [5, 5.41) is 27.2. The van der Waals surface area contributed by atoms with Crippen molar-refractivity contribution in [2.45, 2.75) is 129 Å². The molecule has 0 saturated heterocycles. The zero-order valence-electron chi connectivity index (χ0n) is 16.8. The van der Waals surface area contributed by atoms with Gasteiger partial charge in [-0.2, -0.15) is 0 Å². The summed E-state index contributed by atoms with van der Waals surface area (Å²) < 4.78 is 0. The van der Waals surface area contributed by atoms with E-state index in [1.165, 1.54) is 84.0 Å². The highest BCUT2D eigenvalue weighted by atomic mass is 16.3. The van der Waals surface area contributed by atoms with Gasteiger partial charge in [0.15, 0.2) is 0 Å². The highest BCUT2D eigenvalue weighted by Gasteiger charge is 2.01. The number of hydrogen-bond acceptors (Lipinski definition) is 2. The molecule has 0 fully saturated rings. The van der Waals surface area contributed by atoms with E-state index in [4.69, 9.17) is 10.2 Å². The quantitative estimate of drug-likeness (QED) is 0.335. The van der Waals surface area contributed by atoms with Crippen molar-refractivity contribution in [3.8, 4) is 0 Å². The zero-order chi connectivity index (χ0) is 18.5. The molecule has 0 rings (SSSR count). The van der Waals surface area contributed by atoms with Gasteiger partial charge in [0, 0.05) is 0 Å². The zero-order valence-corrected chi connectivity index (χ0v) is 16.8. The smallest absolute Gasteiger partial charge is 0.0927 e. The van der Waals surface area contributed by atoms with Crippen LogP contribution < -0.4 is 0 Å². The molecule has 3 nitrogen and oxygen atoms in total. The van der Waals surface area contributed by atoms with Crippen LogP contribution in [0.2, 0.25) is 0 Å². The molecule has 0 aromatic heterocycles. The van der Waals surface area contributed by atoms with Crippen LogP contribution in [-0.2, 0) is 5.11 Å². The van der Waals surface area contributed by atoms with Gasteiger partial charge in [-0.15, -0.1) is 0 Å². The molecule has 0 aliphatic rings. The molecule has 0 saturated carbocycles. The highest BCUT2D eigenvalue weighted by Crippen LogP contribution is 2.13. The molecule has 0 heterocycles. The van der Waals surface area contributed by atoms with E-state index >= 15 is 0 Å². The topological polar surface area (TPSA) is 60.4 Å². The predicted octanol–water partition coefficient (Wildman–Crippen LogP) is 6.04. The Bertz CT molecular complexity index is 207. The van der Waals surface area contributed by atoms with Crippen molar-refractivity contribution in [3.05, 3.63) is 0 Å². The summed E-state index contributed by atoms with van der Waals surface area (Å²) in [4.78, 5) is 0. The second kappa shape index (κ2) is 22.9. The fourth-order valence-corrected chi connectivity index (χ4v) is 2.59. The Balaban J connectivity index is 0. The molecule has 147 valence electrons. The molecule has 2 atom stereocenters. The summed E-state index contributed by atoms with van der Waals surface area (Å²) in [6.07, 6.45) is 18.8. The molecule has 2 N–H and O–H groups in total. The third-order valence-corrected chi connectivity index (χ3v) is 4.35. The number of aliphatic hydroxyl groups is 2.